The predicted molar refractivity (Wildman–Crippen MR) is 200 cm³/mol. The molecule has 0 bridgehead atoms. The number of carbonyl (C=O) groups excluding carboxylic acids is 4. The fourth-order valence-electron chi connectivity index (χ4n) is 6.05. The van der Waals surface area contributed by atoms with E-state index in [1.165, 1.54) is 17.3 Å². The first-order valence-electron chi connectivity index (χ1n) is 17.7. The average molecular weight is 748 g/mol. The van der Waals surface area contributed by atoms with Gasteiger partial charge in [-0.1, -0.05) is 51.1 Å². The van der Waals surface area contributed by atoms with Crippen LogP contribution >= 0.6 is 11.3 Å². The largest absolute Gasteiger partial charge is 0.481 e. The van der Waals surface area contributed by atoms with Gasteiger partial charge in [0.05, 0.1) is 34.6 Å². The van der Waals surface area contributed by atoms with Gasteiger partial charge >= 0.3 is 6.09 Å². The number of thiazole rings is 1. The van der Waals surface area contributed by atoms with Crippen LogP contribution in [0.3, 0.4) is 0 Å². The molecule has 0 saturated carbocycles. The lowest BCUT2D eigenvalue weighted by Crippen LogP contribution is -2.58. The van der Waals surface area contributed by atoms with Gasteiger partial charge in [-0.05, 0) is 56.2 Å². The number of carbonyl (C=O) groups is 4. The van der Waals surface area contributed by atoms with Crippen LogP contribution in [0.4, 0.5) is 4.79 Å². The molecule has 4 heterocycles. The van der Waals surface area contributed by atoms with E-state index in [2.05, 4.69) is 25.6 Å². The molecule has 4 amide bonds. The third-order valence-electron chi connectivity index (χ3n) is 8.86. The van der Waals surface area contributed by atoms with Crippen LogP contribution < -0.4 is 15.4 Å². The minimum Gasteiger partial charge on any atom is -0.481 e. The zero-order valence-electron chi connectivity index (χ0n) is 31.3. The SMILES string of the molecule is Cc1ncsc1-c1ccc(CNC(=O)[C@@H]2C[C@@H](O)CN2C(=O)[C@@H](NC(=O)COc2cnc(C3=CCN(C(=O)OC(C)(C)C)CC3)nc2)C(C)(C)C)cc1. The van der Waals surface area contributed by atoms with E-state index in [0.717, 1.165) is 27.3 Å². The summed E-state index contributed by atoms with van der Waals surface area (Å²) in [7, 11) is 0. The van der Waals surface area contributed by atoms with Gasteiger partial charge in [0.15, 0.2) is 18.2 Å². The average Bonchev–Trinajstić information content (AvgIpc) is 3.72. The molecule has 2 aliphatic heterocycles. The van der Waals surface area contributed by atoms with E-state index in [0.29, 0.717) is 25.3 Å². The Morgan fingerprint density at radius 3 is 2.32 bits per heavy atom. The van der Waals surface area contributed by atoms with Crippen molar-refractivity contribution in [2.24, 2.45) is 5.41 Å². The van der Waals surface area contributed by atoms with Crippen LogP contribution in [0.25, 0.3) is 16.0 Å². The molecule has 3 atom stereocenters. The number of hydrogen-bond donors (Lipinski definition) is 3. The maximum atomic E-state index is 13.9. The third-order valence-corrected chi connectivity index (χ3v) is 9.84. The van der Waals surface area contributed by atoms with Crippen LogP contribution in [0, 0.1) is 12.3 Å². The van der Waals surface area contributed by atoms with Crippen molar-refractivity contribution in [3.05, 3.63) is 65.3 Å². The van der Waals surface area contributed by atoms with Crippen molar-refractivity contribution in [1.29, 1.82) is 0 Å². The Morgan fingerprint density at radius 1 is 1.04 bits per heavy atom. The summed E-state index contributed by atoms with van der Waals surface area (Å²) in [5.41, 5.74) is 4.29. The molecule has 284 valence electrons. The lowest BCUT2D eigenvalue weighted by Gasteiger charge is -2.35. The minimum absolute atomic E-state index is 0.0298. The summed E-state index contributed by atoms with van der Waals surface area (Å²) in [6.07, 6.45) is 4.21. The molecule has 3 aromatic rings. The molecule has 0 aliphatic carbocycles. The van der Waals surface area contributed by atoms with Crippen molar-refractivity contribution in [3.63, 3.8) is 0 Å². The number of aliphatic hydroxyl groups excluding tert-OH is 1. The topological polar surface area (TPSA) is 176 Å². The molecule has 0 spiro atoms. The Kier molecular flexibility index (Phi) is 12.2. The lowest BCUT2D eigenvalue weighted by atomic mass is 9.85. The zero-order chi connectivity index (χ0) is 38.5. The molecular weight excluding hydrogens is 699 g/mol. The van der Waals surface area contributed by atoms with Crippen LogP contribution in [0.15, 0.2) is 48.2 Å². The number of nitrogens with one attached hydrogen (secondary N) is 2. The van der Waals surface area contributed by atoms with E-state index in [9.17, 15) is 24.3 Å². The first-order valence-corrected chi connectivity index (χ1v) is 18.5. The highest BCUT2D eigenvalue weighted by Gasteiger charge is 2.44. The first-order chi connectivity index (χ1) is 25.0. The van der Waals surface area contributed by atoms with Crippen molar-refractivity contribution < 1.29 is 33.8 Å². The van der Waals surface area contributed by atoms with Gasteiger partial charge in [0.25, 0.3) is 5.91 Å². The molecule has 0 radical (unpaired) electrons. The van der Waals surface area contributed by atoms with Gasteiger partial charge in [0.1, 0.15) is 17.7 Å². The summed E-state index contributed by atoms with van der Waals surface area (Å²) in [5.74, 6) is -0.632. The molecule has 2 aliphatic rings. The number of aromatic nitrogens is 3. The normalized spacial score (nSPS) is 18.2. The van der Waals surface area contributed by atoms with E-state index >= 15 is 0 Å². The van der Waals surface area contributed by atoms with Gasteiger partial charge in [-0.15, -0.1) is 11.3 Å². The van der Waals surface area contributed by atoms with Gasteiger partial charge in [0.2, 0.25) is 11.8 Å². The molecular formula is C38H49N7O7S. The Balaban J connectivity index is 1.14. The summed E-state index contributed by atoms with van der Waals surface area (Å²) in [6, 6.07) is 5.94. The number of aryl methyl sites for hydroxylation is 1. The smallest absolute Gasteiger partial charge is 0.410 e. The van der Waals surface area contributed by atoms with Gasteiger partial charge < -0.3 is 35.0 Å². The fraction of sp³-hybridized carbons (Fsp3) is 0.500. The Morgan fingerprint density at radius 2 is 1.74 bits per heavy atom. The van der Waals surface area contributed by atoms with Crippen molar-refractivity contribution in [3.8, 4) is 16.2 Å². The summed E-state index contributed by atoms with van der Waals surface area (Å²) < 4.78 is 11.1. The number of rotatable bonds is 10. The monoisotopic (exact) mass is 747 g/mol. The minimum atomic E-state index is -1.00. The van der Waals surface area contributed by atoms with E-state index in [4.69, 9.17) is 9.47 Å². The zero-order valence-corrected chi connectivity index (χ0v) is 32.2. The fourth-order valence-corrected chi connectivity index (χ4v) is 6.86. The molecule has 3 N–H and O–H groups in total. The number of hydrogen-bond acceptors (Lipinski definition) is 11. The van der Waals surface area contributed by atoms with Crippen molar-refractivity contribution in [1.82, 2.24) is 35.4 Å². The Labute approximate surface area is 314 Å². The highest BCUT2D eigenvalue weighted by Crippen LogP contribution is 2.29. The highest BCUT2D eigenvalue weighted by atomic mass is 32.1. The van der Waals surface area contributed by atoms with Crippen LogP contribution in [-0.4, -0.2) is 104 Å². The molecule has 1 fully saturated rings. The maximum absolute atomic E-state index is 13.9. The number of aliphatic hydroxyl groups is 1. The molecule has 5 rings (SSSR count). The quantitative estimate of drug-likeness (QED) is 0.274. The molecule has 2 aromatic heterocycles. The van der Waals surface area contributed by atoms with Gasteiger partial charge in [-0.2, -0.15) is 0 Å². The highest BCUT2D eigenvalue weighted by molar-refractivity contribution is 7.13. The number of benzene rings is 1. The number of likely N-dealkylation sites (tertiary alicyclic amines) is 1. The molecule has 53 heavy (non-hydrogen) atoms. The van der Waals surface area contributed by atoms with Crippen molar-refractivity contribution in [2.45, 2.75) is 91.6 Å². The van der Waals surface area contributed by atoms with E-state index in [1.807, 2.05) is 84.3 Å². The summed E-state index contributed by atoms with van der Waals surface area (Å²) in [4.78, 5) is 69.9. The van der Waals surface area contributed by atoms with Gasteiger partial charge in [-0.25, -0.2) is 19.7 Å². The van der Waals surface area contributed by atoms with Crippen LogP contribution in [0.5, 0.6) is 5.75 Å². The Bertz CT molecular complexity index is 1810. The first kappa shape index (κ1) is 39.3. The lowest BCUT2D eigenvalue weighted by molar-refractivity contribution is -0.144. The third kappa shape index (κ3) is 10.4. The number of nitrogens with zero attached hydrogens (tertiary/aromatic N) is 5. The summed E-state index contributed by atoms with van der Waals surface area (Å²) in [6.45, 7) is 13.6. The molecule has 15 heteroatoms. The van der Waals surface area contributed by atoms with Crippen LogP contribution in [-0.2, 0) is 25.7 Å². The second-order valence-electron chi connectivity index (χ2n) is 15.4. The van der Waals surface area contributed by atoms with Crippen LogP contribution in [0.1, 0.15) is 71.5 Å². The summed E-state index contributed by atoms with van der Waals surface area (Å²) >= 11 is 1.57. The summed E-state index contributed by atoms with van der Waals surface area (Å²) in [5, 5.41) is 16.2. The number of β-amino-alcohol motifs (C(OH)–C–C–N with tert-alkyl or cyclic N) is 1. The predicted octanol–water partition coefficient (Wildman–Crippen LogP) is 4.12. The molecule has 0 unspecified atom stereocenters. The number of amides is 4. The Hall–Kier alpha value is -4.89. The molecule has 1 saturated heterocycles. The standard InChI is InChI=1S/C38H49N7O7S/c1-23-31(53-22-42-23)25-10-8-24(9-11-25)17-41-34(48)29-16-27(46)20-45(29)35(49)32(37(2,3)4)43-30(47)21-51-28-18-39-33(40-19-28)26-12-14-44(15-13-26)36(50)52-38(5,6)7/h8-12,18-19,22,27,29,32,46H,13-17,20-21H2,1-7H3,(H,41,48)(H,43,47)/t27-,29+,32-/m1/s1. The van der Waals surface area contributed by atoms with E-state index in [1.54, 1.807) is 16.2 Å². The maximum Gasteiger partial charge on any atom is 0.410 e. The van der Waals surface area contributed by atoms with Crippen molar-refractivity contribution in [2.75, 3.05) is 26.2 Å². The molecule has 14 nitrogen and oxygen atoms in total. The van der Waals surface area contributed by atoms with Gasteiger partial charge in [0, 0.05) is 32.6 Å². The van der Waals surface area contributed by atoms with E-state index in [-0.39, 0.29) is 37.3 Å². The molecule has 1 aromatic carbocycles. The van der Waals surface area contributed by atoms with Gasteiger partial charge in [-0.3, -0.25) is 14.4 Å². The number of ether oxygens (including phenoxy) is 2. The van der Waals surface area contributed by atoms with E-state index < -0.39 is 47.6 Å². The second-order valence-corrected chi connectivity index (χ2v) is 16.2. The van der Waals surface area contributed by atoms with Crippen LogP contribution in [0.2, 0.25) is 0 Å². The van der Waals surface area contributed by atoms with Crippen molar-refractivity contribution >= 4 is 40.7 Å². The second kappa shape index (κ2) is 16.4.